The number of nitrogens with zero attached hydrogens (tertiary/aromatic N) is 2. The first-order valence-electron chi connectivity index (χ1n) is 1.21. The van der Waals surface area contributed by atoms with Crippen LogP contribution in [0, 0.1) is 0 Å². The normalized spacial score (nSPS) is 6.67. The molecule has 1 heterocycles. The van der Waals surface area contributed by atoms with E-state index in [1.54, 1.807) is 0 Å². The molecule has 1 rings (SSSR count). The Kier molecular flexibility index (Phi) is 1.99. The van der Waals surface area contributed by atoms with Gasteiger partial charge < -0.3 is 6.15 Å². The molecule has 0 amide bonds. The van der Waals surface area contributed by atoms with E-state index in [2.05, 4.69) is 14.9 Å². The zero-order chi connectivity index (χ0) is 3.54. The molecule has 0 unspecified atom stereocenters. The molecule has 34 valence electrons. The van der Waals surface area contributed by atoms with Crippen molar-refractivity contribution in [3.8, 4) is 0 Å². The third-order valence-corrected chi connectivity index (χ3v) is 0.283. The summed E-state index contributed by atoms with van der Waals surface area (Å²) in [5, 5.41) is 6.47. The van der Waals surface area contributed by atoms with Crippen molar-refractivity contribution in [2.75, 3.05) is 0 Å². The third-order valence-electron chi connectivity index (χ3n) is 0.283. The van der Waals surface area contributed by atoms with Gasteiger partial charge in [0, 0.05) is 0 Å². The SMILES string of the molecule is N.c1cnon1. The molecule has 0 saturated carbocycles. The Morgan fingerprint density at radius 3 is 1.83 bits per heavy atom. The van der Waals surface area contributed by atoms with Crippen molar-refractivity contribution in [3.63, 3.8) is 0 Å². The summed E-state index contributed by atoms with van der Waals surface area (Å²) in [6, 6.07) is 0. The van der Waals surface area contributed by atoms with Crippen LogP contribution in [0.2, 0.25) is 0 Å². The zero-order valence-electron chi connectivity index (χ0n) is 3.16. The van der Waals surface area contributed by atoms with Gasteiger partial charge >= 0.3 is 0 Å². The van der Waals surface area contributed by atoms with Crippen LogP contribution in [0.25, 0.3) is 0 Å². The number of hydrogen-bond acceptors (Lipinski definition) is 4. The maximum absolute atomic E-state index is 4.08. The van der Waals surface area contributed by atoms with Gasteiger partial charge in [-0.25, -0.2) is 4.63 Å². The van der Waals surface area contributed by atoms with E-state index in [1.807, 2.05) is 0 Å². The second-order valence-corrected chi connectivity index (χ2v) is 0.591. The lowest BCUT2D eigenvalue weighted by Gasteiger charge is -1.45. The summed E-state index contributed by atoms with van der Waals surface area (Å²) >= 11 is 0. The third kappa shape index (κ3) is 0.813. The molecule has 0 bridgehead atoms. The fourth-order valence-electron chi connectivity index (χ4n) is 0.136. The van der Waals surface area contributed by atoms with Crippen LogP contribution >= 0.6 is 0 Å². The summed E-state index contributed by atoms with van der Waals surface area (Å²) < 4.78 is 4.08. The predicted molar refractivity (Wildman–Crippen MR) is 19.3 cm³/mol. The average molecular weight is 87.1 g/mol. The second-order valence-electron chi connectivity index (χ2n) is 0.591. The summed E-state index contributed by atoms with van der Waals surface area (Å²) in [6.07, 6.45) is 2.94. The Balaban J connectivity index is 0.000000250. The van der Waals surface area contributed by atoms with Crippen LogP contribution in [0.1, 0.15) is 0 Å². The lowest BCUT2D eigenvalue weighted by molar-refractivity contribution is 0.307. The van der Waals surface area contributed by atoms with Gasteiger partial charge in [0.15, 0.2) is 0 Å². The average Bonchev–Trinajstić information content (AvgIpc) is 1.76. The second kappa shape index (κ2) is 2.34. The molecule has 0 aliphatic heterocycles. The highest BCUT2D eigenvalue weighted by Crippen LogP contribution is 1.62. The lowest BCUT2D eigenvalue weighted by Crippen LogP contribution is -1.44. The summed E-state index contributed by atoms with van der Waals surface area (Å²) in [7, 11) is 0. The Morgan fingerprint density at radius 2 is 1.67 bits per heavy atom. The molecule has 0 atom stereocenters. The lowest BCUT2D eigenvalue weighted by atomic mass is 11.0. The largest absolute Gasteiger partial charge is 0.344 e. The van der Waals surface area contributed by atoms with E-state index in [0.717, 1.165) is 0 Å². The van der Waals surface area contributed by atoms with E-state index in [4.69, 9.17) is 0 Å². The summed E-state index contributed by atoms with van der Waals surface area (Å²) in [5.74, 6) is 0. The molecule has 3 N–H and O–H groups in total. The maximum Gasteiger partial charge on any atom is 0.0913 e. The molecule has 6 heavy (non-hydrogen) atoms. The summed E-state index contributed by atoms with van der Waals surface area (Å²) in [4.78, 5) is 0. The zero-order valence-corrected chi connectivity index (χ0v) is 3.16. The molecular weight excluding hydrogens is 82.0 g/mol. The van der Waals surface area contributed by atoms with Crippen LogP contribution in [0.5, 0.6) is 0 Å². The van der Waals surface area contributed by atoms with E-state index >= 15 is 0 Å². The van der Waals surface area contributed by atoms with Crippen molar-refractivity contribution in [1.29, 1.82) is 0 Å². The van der Waals surface area contributed by atoms with E-state index in [0.29, 0.717) is 0 Å². The molecule has 0 radical (unpaired) electrons. The van der Waals surface area contributed by atoms with E-state index < -0.39 is 0 Å². The summed E-state index contributed by atoms with van der Waals surface area (Å²) in [6.45, 7) is 0. The first-order chi connectivity index (χ1) is 2.50. The maximum atomic E-state index is 4.08. The molecule has 0 aliphatic rings. The highest BCUT2D eigenvalue weighted by Gasteiger charge is 1.61. The van der Waals surface area contributed by atoms with Crippen LogP contribution in [0.15, 0.2) is 17.0 Å². The smallest absolute Gasteiger partial charge is 0.0913 e. The fraction of sp³-hybridized carbons (Fsp3) is 0. The molecule has 0 aromatic carbocycles. The molecule has 4 heteroatoms. The van der Waals surface area contributed by atoms with E-state index in [-0.39, 0.29) is 6.15 Å². The topological polar surface area (TPSA) is 73.9 Å². The van der Waals surface area contributed by atoms with Crippen molar-refractivity contribution in [2.24, 2.45) is 0 Å². The number of aromatic nitrogens is 2. The molecule has 0 fully saturated rings. The van der Waals surface area contributed by atoms with Gasteiger partial charge in [-0.15, -0.1) is 0 Å². The standard InChI is InChI=1S/C2H2N2O.H3N/c1-2-4-5-3-1;/h1-2H;1H3. The molecule has 1 aromatic rings. The Bertz CT molecular complexity index is 65.3. The molecule has 4 nitrogen and oxygen atoms in total. The number of rotatable bonds is 0. The van der Waals surface area contributed by atoms with Crippen molar-refractivity contribution < 1.29 is 4.63 Å². The van der Waals surface area contributed by atoms with E-state index in [9.17, 15) is 0 Å². The Hall–Kier alpha value is -0.900. The Labute approximate surface area is 34.7 Å². The van der Waals surface area contributed by atoms with Gasteiger partial charge in [0.05, 0.1) is 12.4 Å². The molecular formula is C2H5N3O. The van der Waals surface area contributed by atoms with Crippen molar-refractivity contribution in [2.45, 2.75) is 0 Å². The highest BCUT2D eigenvalue weighted by atomic mass is 16.6. The van der Waals surface area contributed by atoms with Crippen LogP contribution < -0.4 is 6.15 Å². The van der Waals surface area contributed by atoms with Gasteiger partial charge in [0.25, 0.3) is 0 Å². The molecule has 0 aliphatic carbocycles. The van der Waals surface area contributed by atoms with Crippen LogP contribution in [-0.2, 0) is 0 Å². The molecule has 0 spiro atoms. The van der Waals surface area contributed by atoms with E-state index in [1.165, 1.54) is 12.4 Å². The first-order valence-corrected chi connectivity index (χ1v) is 1.21. The van der Waals surface area contributed by atoms with Gasteiger partial charge in [-0.2, -0.15) is 0 Å². The minimum atomic E-state index is 0. The predicted octanol–water partition coefficient (Wildman–Crippen LogP) is 0.232. The highest BCUT2D eigenvalue weighted by molar-refractivity contribution is 4.51. The van der Waals surface area contributed by atoms with Crippen LogP contribution in [0.3, 0.4) is 0 Å². The summed E-state index contributed by atoms with van der Waals surface area (Å²) in [5.41, 5.74) is 0. The minimum absolute atomic E-state index is 0. The fourth-order valence-corrected chi connectivity index (χ4v) is 0.136. The van der Waals surface area contributed by atoms with Gasteiger partial charge in [-0.05, 0) is 0 Å². The van der Waals surface area contributed by atoms with Gasteiger partial charge in [0.2, 0.25) is 0 Å². The Morgan fingerprint density at radius 1 is 1.17 bits per heavy atom. The monoisotopic (exact) mass is 87.0 g/mol. The van der Waals surface area contributed by atoms with Crippen molar-refractivity contribution in [3.05, 3.63) is 12.4 Å². The first kappa shape index (κ1) is 5.10. The van der Waals surface area contributed by atoms with Crippen molar-refractivity contribution >= 4 is 0 Å². The van der Waals surface area contributed by atoms with Gasteiger partial charge in [0.1, 0.15) is 0 Å². The van der Waals surface area contributed by atoms with Crippen molar-refractivity contribution in [1.82, 2.24) is 16.5 Å². The molecule has 1 aromatic heterocycles. The number of hydrogen-bond donors (Lipinski definition) is 1. The van der Waals surface area contributed by atoms with Gasteiger partial charge in [-0.3, -0.25) is 0 Å². The van der Waals surface area contributed by atoms with Crippen LogP contribution in [-0.4, -0.2) is 10.3 Å². The molecule has 0 saturated heterocycles. The van der Waals surface area contributed by atoms with Crippen LogP contribution in [0.4, 0.5) is 0 Å². The minimum Gasteiger partial charge on any atom is -0.344 e. The quantitative estimate of drug-likeness (QED) is 0.491. The van der Waals surface area contributed by atoms with Gasteiger partial charge in [-0.1, -0.05) is 10.3 Å².